The van der Waals surface area contributed by atoms with Crippen molar-refractivity contribution in [2.45, 2.75) is 39.7 Å². The molecule has 2 nitrogen and oxygen atoms in total. The van der Waals surface area contributed by atoms with Crippen molar-refractivity contribution >= 4 is 5.97 Å². The SMILES string of the molecule is CC1C2CC3CC1C(C)C(C(=O)O3)C2C. The van der Waals surface area contributed by atoms with Gasteiger partial charge >= 0.3 is 5.97 Å². The summed E-state index contributed by atoms with van der Waals surface area (Å²) in [6.07, 6.45) is 2.47. The molecule has 2 heterocycles. The molecule has 2 aliphatic heterocycles. The molecule has 84 valence electrons. The number of carbonyl (C=O) groups is 1. The summed E-state index contributed by atoms with van der Waals surface area (Å²) < 4.78 is 5.59. The van der Waals surface area contributed by atoms with Crippen molar-refractivity contribution in [3.8, 4) is 0 Å². The van der Waals surface area contributed by atoms with Gasteiger partial charge in [-0.2, -0.15) is 0 Å². The first-order chi connectivity index (χ1) is 7.09. The molecule has 2 aliphatic carbocycles. The van der Waals surface area contributed by atoms with Crippen molar-refractivity contribution in [3.63, 3.8) is 0 Å². The highest BCUT2D eigenvalue weighted by Gasteiger charge is 2.55. The zero-order valence-corrected chi connectivity index (χ0v) is 9.77. The Morgan fingerprint density at radius 3 is 2.07 bits per heavy atom. The number of carbonyl (C=O) groups excluding carboxylic acids is 1. The lowest BCUT2D eigenvalue weighted by atomic mass is 9.54. The largest absolute Gasteiger partial charge is 0.462 e. The molecule has 4 aliphatic rings. The van der Waals surface area contributed by atoms with E-state index in [1.165, 1.54) is 0 Å². The molecule has 0 aromatic carbocycles. The maximum atomic E-state index is 12.0. The van der Waals surface area contributed by atoms with Crippen LogP contribution < -0.4 is 0 Å². The molecule has 4 fully saturated rings. The van der Waals surface area contributed by atoms with E-state index in [2.05, 4.69) is 20.8 Å². The van der Waals surface area contributed by atoms with E-state index in [9.17, 15) is 4.79 Å². The second-order valence-corrected chi connectivity index (χ2v) is 5.96. The fraction of sp³-hybridized carbons (Fsp3) is 0.923. The van der Waals surface area contributed by atoms with Crippen LogP contribution in [0.2, 0.25) is 0 Å². The van der Waals surface area contributed by atoms with Gasteiger partial charge in [0.15, 0.2) is 0 Å². The second-order valence-electron chi connectivity index (χ2n) is 5.96. The van der Waals surface area contributed by atoms with Crippen LogP contribution in [-0.4, -0.2) is 12.1 Å². The third-order valence-corrected chi connectivity index (χ3v) is 5.46. The normalized spacial score (nSPS) is 57.8. The Morgan fingerprint density at radius 2 is 1.53 bits per heavy atom. The van der Waals surface area contributed by atoms with E-state index in [4.69, 9.17) is 4.74 Å². The molecule has 4 bridgehead atoms. The van der Waals surface area contributed by atoms with Crippen LogP contribution in [0.1, 0.15) is 33.6 Å². The first kappa shape index (κ1) is 9.68. The Hall–Kier alpha value is -0.530. The molecule has 0 spiro atoms. The summed E-state index contributed by atoms with van der Waals surface area (Å²) in [5.41, 5.74) is 0. The van der Waals surface area contributed by atoms with Crippen LogP contribution in [0, 0.1) is 35.5 Å². The molecule has 4 rings (SSSR count). The van der Waals surface area contributed by atoms with E-state index in [-0.39, 0.29) is 18.0 Å². The molecule has 2 heteroatoms. The highest BCUT2D eigenvalue weighted by molar-refractivity contribution is 5.74. The van der Waals surface area contributed by atoms with Crippen molar-refractivity contribution in [2.24, 2.45) is 35.5 Å². The van der Waals surface area contributed by atoms with Gasteiger partial charge in [-0.25, -0.2) is 0 Å². The van der Waals surface area contributed by atoms with Gasteiger partial charge in [0.25, 0.3) is 0 Å². The fourth-order valence-corrected chi connectivity index (χ4v) is 4.62. The van der Waals surface area contributed by atoms with Gasteiger partial charge in [0.2, 0.25) is 0 Å². The van der Waals surface area contributed by atoms with Crippen LogP contribution in [0.3, 0.4) is 0 Å². The van der Waals surface area contributed by atoms with Gasteiger partial charge in [-0.1, -0.05) is 20.8 Å². The third kappa shape index (κ3) is 1.14. The standard InChI is InChI=1S/C13H20O2/c1-6-10-4-9-5-11(6)8(3)12(7(10)2)13(14)15-9/h6-12H,4-5H2,1-3H3. The van der Waals surface area contributed by atoms with E-state index in [0.717, 1.165) is 30.6 Å². The Bertz CT molecular complexity index is 279. The summed E-state index contributed by atoms with van der Waals surface area (Å²) >= 11 is 0. The first-order valence-electron chi connectivity index (χ1n) is 6.30. The Morgan fingerprint density at radius 1 is 1.00 bits per heavy atom. The molecule has 0 N–H and O–H groups in total. The van der Waals surface area contributed by atoms with E-state index >= 15 is 0 Å². The zero-order valence-electron chi connectivity index (χ0n) is 9.77. The molecule has 4 unspecified atom stereocenters. The molecule has 0 aromatic heterocycles. The lowest BCUT2D eigenvalue weighted by Crippen LogP contribution is -2.47. The summed E-state index contributed by atoms with van der Waals surface area (Å²) in [5.74, 6) is 3.58. The maximum absolute atomic E-state index is 12.0. The van der Waals surface area contributed by atoms with Crippen molar-refractivity contribution in [2.75, 3.05) is 0 Å². The number of hydrogen-bond donors (Lipinski definition) is 0. The topological polar surface area (TPSA) is 26.3 Å². The number of ether oxygens (including phenoxy) is 1. The minimum atomic E-state index is 0.0944. The molecule has 0 aromatic rings. The highest BCUT2D eigenvalue weighted by atomic mass is 16.5. The number of hydrogen-bond acceptors (Lipinski definition) is 2. The third-order valence-electron chi connectivity index (χ3n) is 5.46. The van der Waals surface area contributed by atoms with Gasteiger partial charge < -0.3 is 4.74 Å². The molecular formula is C13H20O2. The predicted molar refractivity (Wildman–Crippen MR) is 57.1 cm³/mol. The van der Waals surface area contributed by atoms with Gasteiger partial charge in [0, 0.05) is 0 Å². The van der Waals surface area contributed by atoms with Crippen LogP contribution in [0.4, 0.5) is 0 Å². The number of fused-ring (bicyclic) bond motifs is 1. The Labute approximate surface area is 91.4 Å². The van der Waals surface area contributed by atoms with E-state index in [1.807, 2.05) is 0 Å². The quantitative estimate of drug-likeness (QED) is 0.572. The lowest BCUT2D eigenvalue weighted by molar-refractivity contribution is -0.153. The first-order valence-corrected chi connectivity index (χ1v) is 6.30. The molecule has 2 saturated heterocycles. The number of esters is 1. The second kappa shape index (κ2) is 2.99. The fourth-order valence-electron chi connectivity index (χ4n) is 4.62. The predicted octanol–water partition coefficient (Wildman–Crippen LogP) is 2.48. The average Bonchev–Trinajstić information content (AvgIpc) is 2.33. The highest BCUT2D eigenvalue weighted by Crippen LogP contribution is 2.55. The molecule has 0 amide bonds. The summed E-state index contributed by atoms with van der Waals surface area (Å²) in [6, 6.07) is 0. The van der Waals surface area contributed by atoms with E-state index in [0.29, 0.717) is 11.8 Å². The van der Waals surface area contributed by atoms with Crippen LogP contribution in [0.5, 0.6) is 0 Å². The van der Waals surface area contributed by atoms with Crippen LogP contribution in [-0.2, 0) is 9.53 Å². The van der Waals surface area contributed by atoms with Gasteiger partial charge in [0.05, 0.1) is 5.92 Å². The van der Waals surface area contributed by atoms with Gasteiger partial charge in [-0.15, -0.1) is 0 Å². The number of rotatable bonds is 0. The summed E-state index contributed by atoms with van der Waals surface area (Å²) in [5, 5.41) is 0. The summed E-state index contributed by atoms with van der Waals surface area (Å²) in [7, 11) is 0. The molecular weight excluding hydrogens is 188 g/mol. The maximum Gasteiger partial charge on any atom is 0.309 e. The van der Waals surface area contributed by atoms with E-state index < -0.39 is 0 Å². The zero-order chi connectivity index (χ0) is 10.7. The Kier molecular flexibility index (Phi) is 1.93. The van der Waals surface area contributed by atoms with Gasteiger partial charge in [-0.3, -0.25) is 4.79 Å². The summed E-state index contributed by atoms with van der Waals surface area (Å²) in [6.45, 7) is 6.89. The lowest BCUT2D eigenvalue weighted by Gasteiger charge is -2.49. The van der Waals surface area contributed by atoms with Crippen LogP contribution in [0.25, 0.3) is 0 Å². The van der Waals surface area contributed by atoms with Gasteiger partial charge in [-0.05, 0) is 42.4 Å². The van der Waals surface area contributed by atoms with Crippen molar-refractivity contribution in [1.29, 1.82) is 0 Å². The molecule has 4 atom stereocenters. The minimum Gasteiger partial charge on any atom is -0.462 e. The monoisotopic (exact) mass is 208 g/mol. The Balaban J connectivity index is 2.05. The van der Waals surface area contributed by atoms with Crippen molar-refractivity contribution < 1.29 is 9.53 Å². The van der Waals surface area contributed by atoms with Crippen LogP contribution >= 0.6 is 0 Å². The minimum absolute atomic E-state index is 0.0944. The summed E-state index contributed by atoms with van der Waals surface area (Å²) in [4.78, 5) is 12.0. The van der Waals surface area contributed by atoms with Crippen molar-refractivity contribution in [1.82, 2.24) is 0 Å². The van der Waals surface area contributed by atoms with E-state index in [1.54, 1.807) is 0 Å². The smallest absolute Gasteiger partial charge is 0.309 e. The molecule has 15 heavy (non-hydrogen) atoms. The van der Waals surface area contributed by atoms with Gasteiger partial charge in [0.1, 0.15) is 6.10 Å². The molecule has 2 saturated carbocycles. The van der Waals surface area contributed by atoms with Crippen molar-refractivity contribution in [3.05, 3.63) is 0 Å². The molecule has 0 radical (unpaired) electrons. The van der Waals surface area contributed by atoms with Crippen LogP contribution in [0.15, 0.2) is 0 Å². The average molecular weight is 208 g/mol.